The molecule has 1 aromatic heterocycles. The third-order valence-corrected chi connectivity index (χ3v) is 1.80. The van der Waals surface area contributed by atoms with Crippen molar-refractivity contribution < 1.29 is 4.79 Å². The van der Waals surface area contributed by atoms with Gasteiger partial charge in [0.15, 0.2) is 0 Å². The Labute approximate surface area is 80.2 Å². The van der Waals surface area contributed by atoms with Crippen LogP contribution in [0.2, 0.25) is 0 Å². The Balaban J connectivity index is 2.58. The minimum Gasteiger partial charge on any atom is -0.366 e. The van der Waals surface area contributed by atoms with Crippen LogP contribution >= 0.6 is 0 Å². The molecule has 0 aliphatic rings. The summed E-state index contributed by atoms with van der Waals surface area (Å²) in [5, 5.41) is 7.85. The van der Waals surface area contributed by atoms with Crippen LogP contribution in [0, 0.1) is 0 Å². The number of nitrogens with two attached hydrogens (primary N) is 1. The number of hydrogen-bond donors (Lipinski definition) is 1. The van der Waals surface area contributed by atoms with Gasteiger partial charge in [0.1, 0.15) is 0 Å². The van der Waals surface area contributed by atoms with E-state index in [2.05, 4.69) is 10.2 Å². The average molecular weight is 188 g/mol. The summed E-state index contributed by atoms with van der Waals surface area (Å²) in [5.74, 6) is -0.488. The zero-order valence-corrected chi connectivity index (χ0v) is 7.29. The van der Waals surface area contributed by atoms with E-state index >= 15 is 0 Å². The smallest absolute Gasteiger partial charge is 0.250 e. The van der Waals surface area contributed by atoms with Gasteiger partial charge in [0, 0.05) is 0 Å². The Kier molecular flexibility index (Phi) is 1.98. The van der Waals surface area contributed by atoms with Gasteiger partial charge < -0.3 is 5.73 Å². The summed E-state index contributed by atoms with van der Waals surface area (Å²) in [5.41, 5.74) is 6.21. The molecule has 0 unspecified atom stereocenters. The number of aromatic nitrogens is 3. The molecule has 0 aliphatic carbocycles. The van der Waals surface area contributed by atoms with Crippen LogP contribution in [0.25, 0.3) is 5.69 Å². The first-order valence-electron chi connectivity index (χ1n) is 4.04. The topological polar surface area (TPSA) is 73.8 Å². The minimum atomic E-state index is -0.488. The lowest BCUT2D eigenvalue weighted by Gasteiger charge is -2.03. The van der Waals surface area contributed by atoms with Crippen molar-refractivity contribution in [1.82, 2.24) is 15.0 Å². The highest BCUT2D eigenvalue weighted by Gasteiger charge is 2.09. The fourth-order valence-corrected chi connectivity index (χ4v) is 1.20. The van der Waals surface area contributed by atoms with Crippen molar-refractivity contribution in [3.05, 3.63) is 42.2 Å². The number of amides is 1. The molecule has 0 aliphatic heterocycles. The summed E-state index contributed by atoms with van der Waals surface area (Å²) >= 11 is 0. The lowest BCUT2D eigenvalue weighted by Crippen LogP contribution is -2.15. The second-order valence-corrected chi connectivity index (χ2v) is 2.70. The van der Waals surface area contributed by atoms with Crippen LogP contribution in [0.1, 0.15) is 10.4 Å². The molecule has 14 heavy (non-hydrogen) atoms. The first-order chi connectivity index (χ1) is 6.79. The summed E-state index contributed by atoms with van der Waals surface area (Å²) in [6.07, 6.45) is 3.08. The van der Waals surface area contributed by atoms with Crippen molar-refractivity contribution >= 4 is 5.91 Å². The Bertz CT molecular complexity index is 450. The summed E-state index contributed by atoms with van der Waals surface area (Å²) in [7, 11) is 0. The predicted molar refractivity (Wildman–Crippen MR) is 49.9 cm³/mol. The number of nitrogens with zero attached hydrogens (tertiary/aromatic N) is 3. The lowest BCUT2D eigenvalue weighted by atomic mass is 10.2. The van der Waals surface area contributed by atoms with E-state index in [4.69, 9.17) is 5.73 Å². The number of para-hydroxylation sites is 1. The molecule has 1 amide bonds. The van der Waals surface area contributed by atoms with Gasteiger partial charge in [-0.05, 0) is 12.1 Å². The monoisotopic (exact) mass is 188 g/mol. The fourth-order valence-electron chi connectivity index (χ4n) is 1.20. The molecular formula is C9H8N4O. The lowest BCUT2D eigenvalue weighted by molar-refractivity contribution is 0.1000. The van der Waals surface area contributed by atoms with Gasteiger partial charge in [0.25, 0.3) is 5.91 Å². The van der Waals surface area contributed by atoms with E-state index in [1.54, 1.807) is 24.3 Å². The Morgan fingerprint density at radius 2 is 1.86 bits per heavy atom. The maximum atomic E-state index is 11.1. The number of carbonyl (C=O) groups excluding carboxylic acids is 1. The number of primary amides is 1. The summed E-state index contributed by atoms with van der Waals surface area (Å²) in [4.78, 5) is 12.4. The van der Waals surface area contributed by atoms with Crippen LogP contribution in [0.4, 0.5) is 0 Å². The molecule has 1 heterocycles. The van der Waals surface area contributed by atoms with E-state index in [0.29, 0.717) is 11.3 Å². The first kappa shape index (κ1) is 8.43. The van der Waals surface area contributed by atoms with Crippen molar-refractivity contribution in [2.75, 3.05) is 0 Å². The van der Waals surface area contributed by atoms with E-state index in [1.807, 2.05) is 0 Å². The van der Waals surface area contributed by atoms with Gasteiger partial charge in [-0.25, -0.2) is 0 Å². The largest absolute Gasteiger partial charge is 0.366 e. The summed E-state index contributed by atoms with van der Waals surface area (Å²) in [6, 6.07) is 6.92. The van der Waals surface area contributed by atoms with Gasteiger partial charge in [0.2, 0.25) is 0 Å². The Hall–Kier alpha value is -2.17. The van der Waals surface area contributed by atoms with E-state index in [1.165, 1.54) is 17.2 Å². The maximum absolute atomic E-state index is 11.1. The minimum absolute atomic E-state index is 0.406. The molecule has 2 rings (SSSR count). The normalized spacial score (nSPS) is 10.0. The molecule has 5 nitrogen and oxygen atoms in total. The van der Waals surface area contributed by atoms with Crippen molar-refractivity contribution in [2.24, 2.45) is 5.73 Å². The van der Waals surface area contributed by atoms with Gasteiger partial charge >= 0.3 is 0 Å². The van der Waals surface area contributed by atoms with Crippen molar-refractivity contribution in [3.63, 3.8) is 0 Å². The predicted octanol–water partition coefficient (Wildman–Crippen LogP) is 0.366. The number of rotatable bonds is 2. The zero-order chi connectivity index (χ0) is 9.97. The molecule has 0 saturated carbocycles. The van der Waals surface area contributed by atoms with E-state index < -0.39 is 5.91 Å². The van der Waals surface area contributed by atoms with Gasteiger partial charge in [0.05, 0.1) is 23.6 Å². The summed E-state index contributed by atoms with van der Waals surface area (Å²) < 4.78 is 0. The molecule has 0 bridgehead atoms. The molecular weight excluding hydrogens is 180 g/mol. The molecule has 2 aromatic rings. The van der Waals surface area contributed by atoms with Crippen molar-refractivity contribution in [1.29, 1.82) is 0 Å². The quantitative estimate of drug-likeness (QED) is 0.739. The van der Waals surface area contributed by atoms with Crippen LogP contribution in [-0.2, 0) is 0 Å². The maximum Gasteiger partial charge on any atom is 0.250 e. The zero-order valence-electron chi connectivity index (χ0n) is 7.29. The average Bonchev–Trinajstić information content (AvgIpc) is 2.70. The fraction of sp³-hybridized carbons (Fsp3) is 0. The molecule has 1 aromatic carbocycles. The molecule has 0 saturated heterocycles. The van der Waals surface area contributed by atoms with Crippen LogP contribution in [0.5, 0.6) is 0 Å². The highest BCUT2D eigenvalue weighted by atomic mass is 16.1. The van der Waals surface area contributed by atoms with E-state index in [0.717, 1.165) is 0 Å². The Morgan fingerprint density at radius 3 is 2.50 bits per heavy atom. The second-order valence-electron chi connectivity index (χ2n) is 2.70. The van der Waals surface area contributed by atoms with Crippen LogP contribution in [-0.4, -0.2) is 20.9 Å². The third-order valence-electron chi connectivity index (χ3n) is 1.80. The highest BCUT2D eigenvalue weighted by Crippen LogP contribution is 2.10. The molecule has 5 heteroatoms. The van der Waals surface area contributed by atoms with Crippen LogP contribution in [0.15, 0.2) is 36.7 Å². The molecule has 70 valence electrons. The second kappa shape index (κ2) is 3.29. The first-order valence-corrected chi connectivity index (χ1v) is 4.04. The Morgan fingerprint density at radius 1 is 1.21 bits per heavy atom. The molecule has 0 radical (unpaired) electrons. The summed E-state index contributed by atoms with van der Waals surface area (Å²) in [6.45, 7) is 0. The number of benzene rings is 1. The number of hydrogen-bond acceptors (Lipinski definition) is 3. The van der Waals surface area contributed by atoms with Crippen molar-refractivity contribution in [3.8, 4) is 5.69 Å². The standard InChI is InChI=1S/C9H8N4O/c10-9(14)7-3-1-2-4-8(7)13-11-5-6-12-13/h1-6H,(H2,10,14). The molecule has 2 N–H and O–H groups in total. The van der Waals surface area contributed by atoms with Crippen molar-refractivity contribution in [2.45, 2.75) is 0 Å². The van der Waals surface area contributed by atoms with Gasteiger partial charge in [-0.3, -0.25) is 4.79 Å². The third kappa shape index (κ3) is 1.35. The van der Waals surface area contributed by atoms with E-state index in [-0.39, 0.29) is 0 Å². The van der Waals surface area contributed by atoms with Gasteiger partial charge in [-0.1, -0.05) is 12.1 Å². The molecule has 0 fully saturated rings. The van der Waals surface area contributed by atoms with Crippen LogP contribution < -0.4 is 5.73 Å². The molecule has 0 spiro atoms. The number of carbonyl (C=O) groups is 1. The molecule has 0 atom stereocenters. The van der Waals surface area contributed by atoms with Gasteiger partial charge in [-0.15, -0.1) is 0 Å². The van der Waals surface area contributed by atoms with Crippen LogP contribution in [0.3, 0.4) is 0 Å². The highest BCUT2D eigenvalue weighted by molar-refractivity contribution is 5.96. The van der Waals surface area contributed by atoms with Gasteiger partial charge in [-0.2, -0.15) is 15.0 Å². The SMILES string of the molecule is NC(=O)c1ccccc1-n1nccn1. The van der Waals surface area contributed by atoms with E-state index in [9.17, 15) is 4.79 Å².